The summed E-state index contributed by atoms with van der Waals surface area (Å²) in [4.78, 5) is 23.1. The number of carboxylic acid groups (broad SMARTS) is 1. The molecule has 1 unspecified atom stereocenters. The number of hydrogen-bond acceptors (Lipinski definition) is 3. The lowest BCUT2D eigenvalue weighted by atomic mass is 10.1. The third-order valence-corrected chi connectivity index (χ3v) is 3.12. The van der Waals surface area contributed by atoms with E-state index in [0.29, 0.717) is 16.7 Å². The molecule has 0 aliphatic heterocycles. The van der Waals surface area contributed by atoms with E-state index in [2.05, 4.69) is 0 Å². The van der Waals surface area contributed by atoms with Crippen molar-refractivity contribution in [3.63, 3.8) is 0 Å². The Morgan fingerprint density at radius 1 is 1.42 bits per heavy atom. The summed E-state index contributed by atoms with van der Waals surface area (Å²) in [6.07, 6.45) is 1.49. The first kappa shape index (κ1) is 13.1. The lowest BCUT2D eigenvalue weighted by molar-refractivity contribution is -0.140. The summed E-state index contributed by atoms with van der Waals surface area (Å²) in [6.45, 7) is 3.42. The highest BCUT2D eigenvalue weighted by molar-refractivity contribution is 5.87. The molecule has 1 aromatic carbocycles. The Kier molecular flexibility index (Phi) is 3.29. The van der Waals surface area contributed by atoms with Crippen molar-refractivity contribution in [3.8, 4) is 5.75 Å². The Labute approximate surface area is 110 Å². The van der Waals surface area contributed by atoms with E-state index in [-0.39, 0.29) is 5.43 Å². The van der Waals surface area contributed by atoms with E-state index in [4.69, 9.17) is 9.84 Å². The standard InChI is InChI=1S/C14H15NO4/c1-8-6-10-11(16)4-5-15(9(2)14(17)18)13(10)12(7-8)19-3/h4-7,9H,1-3H3,(H,17,18). The van der Waals surface area contributed by atoms with Gasteiger partial charge in [-0.25, -0.2) is 4.79 Å². The van der Waals surface area contributed by atoms with Crippen molar-refractivity contribution in [1.29, 1.82) is 0 Å². The van der Waals surface area contributed by atoms with Gasteiger partial charge in [0.05, 0.1) is 12.6 Å². The van der Waals surface area contributed by atoms with Crippen LogP contribution in [-0.4, -0.2) is 22.8 Å². The zero-order chi connectivity index (χ0) is 14.2. The Bertz CT molecular complexity index is 702. The number of pyridine rings is 1. The highest BCUT2D eigenvalue weighted by Gasteiger charge is 2.18. The molecule has 0 saturated heterocycles. The number of methoxy groups -OCH3 is 1. The molecule has 1 heterocycles. The number of aryl methyl sites for hydroxylation is 1. The number of aromatic nitrogens is 1. The van der Waals surface area contributed by atoms with E-state index in [9.17, 15) is 9.59 Å². The monoisotopic (exact) mass is 261 g/mol. The summed E-state index contributed by atoms with van der Waals surface area (Å²) in [5, 5.41) is 9.61. The highest BCUT2D eigenvalue weighted by atomic mass is 16.5. The number of nitrogens with zero attached hydrogens (tertiary/aromatic N) is 1. The highest BCUT2D eigenvalue weighted by Crippen LogP contribution is 2.27. The summed E-state index contributed by atoms with van der Waals surface area (Å²) in [7, 11) is 1.50. The Balaban J connectivity index is 2.91. The normalized spacial score (nSPS) is 12.4. The number of hydrogen-bond donors (Lipinski definition) is 1. The van der Waals surface area contributed by atoms with Crippen molar-refractivity contribution < 1.29 is 14.6 Å². The van der Waals surface area contributed by atoms with Gasteiger partial charge in [-0.05, 0) is 31.5 Å². The van der Waals surface area contributed by atoms with Gasteiger partial charge in [0.25, 0.3) is 0 Å². The zero-order valence-corrected chi connectivity index (χ0v) is 11.0. The Morgan fingerprint density at radius 3 is 2.68 bits per heavy atom. The minimum Gasteiger partial charge on any atom is -0.495 e. The van der Waals surface area contributed by atoms with Crippen molar-refractivity contribution in [2.24, 2.45) is 0 Å². The van der Waals surface area contributed by atoms with Gasteiger partial charge in [0, 0.05) is 17.6 Å². The second-order valence-electron chi connectivity index (χ2n) is 4.46. The fourth-order valence-corrected chi connectivity index (χ4v) is 2.11. The molecule has 1 N–H and O–H groups in total. The predicted octanol–water partition coefficient (Wildman–Crippen LogP) is 1.96. The van der Waals surface area contributed by atoms with Crippen molar-refractivity contribution in [2.45, 2.75) is 19.9 Å². The maximum Gasteiger partial charge on any atom is 0.326 e. The molecule has 0 aliphatic rings. The van der Waals surface area contributed by atoms with Gasteiger partial charge >= 0.3 is 5.97 Å². The van der Waals surface area contributed by atoms with Crippen LogP contribution in [0.5, 0.6) is 5.75 Å². The first-order valence-electron chi connectivity index (χ1n) is 5.88. The second kappa shape index (κ2) is 4.76. The van der Waals surface area contributed by atoms with Crippen LogP contribution in [0.2, 0.25) is 0 Å². The van der Waals surface area contributed by atoms with Gasteiger partial charge in [-0.2, -0.15) is 0 Å². The molecule has 0 bridgehead atoms. The number of benzene rings is 1. The number of ether oxygens (including phenoxy) is 1. The molecule has 0 amide bonds. The molecule has 2 rings (SSSR count). The maximum atomic E-state index is 11.9. The van der Waals surface area contributed by atoms with E-state index < -0.39 is 12.0 Å². The summed E-state index contributed by atoms with van der Waals surface area (Å²) in [6, 6.07) is 4.12. The zero-order valence-electron chi connectivity index (χ0n) is 11.0. The lowest BCUT2D eigenvalue weighted by Gasteiger charge is -2.17. The van der Waals surface area contributed by atoms with E-state index in [1.165, 1.54) is 23.9 Å². The topological polar surface area (TPSA) is 68.5 Å². The average Bonchev–Trinajstić information content (AvgIpc) is 2.38. The van der Waals surface area contributed by atoms with Crippen LogP contribution in [0.3, 0.4) is 0 Å². The van der Waals surface area contributed by atoms with Crippen LogP contribution >= 0.6 is 0 Å². The molecule has 2 aromatic rings. The van der Waals surface area contributed by atoms with Crippen molar-refractivity contribution in [2.75, 3.05) is 7.11 Å². The summed E-state index contributed by atoms with van der Waals surface area (Å²) >= 11 is 0. The molecule has 0 aliphatic carbocycles. The minimum atomic E-state index is -0.965. The third-order valence-electron chi connectivity index (χ3n) is 3.12. The molecule has 5 heteroatoms. The summed E-state index contributed by atoms with van der Waals surface area (Å²) in [5.74, 6) is -0.464. The number of carbonyl (C=O) groups is 1. The van der Waals surface area contributed by atoms with E-state index in [1.807, 2.05) is 6.92 Å². The maximum absolute atomic E-state index is 11.9. The van der Waals surface area contributed by atoms with Gasteiger partial charge in [-0.1, -0.05) is 0 Å². The van der Waals surface area contributed by atoms with Crippen molar-refractivity contribution in [3.05, 3.63) is 40.2 Å². The molecule has 0 spiro atoms. The molecule has 1 atom stereocenters. The first-order chi connectivity index (χ1) is 8.95. The molecule has 0 saturated carbocycles. The number of fused-ring (bicyclic) bond motifs is 1. The number of aliphatic carboxylic acids is 1. The number of carboxylic acids is 1. The Hall–Kier alpha value is -2.30. The first-order valence-corrected chi connectivity index (χ1v) is 5.88. The fourth-order valence-electron chi connectivity index (χ4n) is 2.11. The van der Waals surface area contributed by atoms with E-state index in [1.54, 1.807) is 19.1 Å². The molecule has 0 fully saturated rings. The van der Waals surface area contributed by atoms with Gasteiger partial charge in [0.1, 0.15) is 11.8 Å². The minimum absolute atomic E-state index is 0.147. The van der Waals surface area contributed by atoms with Crippen LogP contribution in [0.15, 0.2) is 29.2 Å². The average molecular weight is 261 g/mol. The second-order valence-corrected chi connectivity index (χ2v) is 4.46. The molecular weight excluding hydrogens is 246 g/mol. The summed E-state index contributed by atoms with van der Waals surface area (Å²) in [5.41, 5.74) is 1.25. The van der Waals surface area contributed by atoms with Crippen LogP contribution in [0.4, 0.5) is 0 Å². The fraction of sp³-hybridized carbons (Fsp3) is 0.286. The quantitative estimate of drug-likeness (QED) is 0.917. The van der Waals surface area contributed by atoms with E-state index in [0.717, 1.165) is 5.56 Å². The Morgan fingerprint density at radius 2 is 2.11 bits per heavy atom. The van der Waals surface area contributed by atoms with Gasteiger partial charge < -0.3 is 14.4 Å². The van der Waals surface area contributed by atoms with Gasteiger partial charge in [0.15, 0.2) is 5.43 Å². The SMILES string of the molecule is COc1cc(C)cc2c(=O)ccn(C(C)C(=O)O)c12. The molecule has 0 radical (unpaired) electrons. The molecule has 100 valence electrons. The third kappa shape index (κ3) is 2.19. The smallest absolute Gasteiger partial charge is 0.326 e. The molecule has 1 aromatic heterocycles. The molecular formula is C14H15NO4. The lowest BCUT2D eigenvalue weighted by Crippen LogP contribution is -2.19. The van der Waals surface area contributed by atoms with Gasteiger partial charge in [-0.3, -0.25) is 4.79 Å². The number of rotatable bonds is 3. The van der Waals surface area contributed by atoms with Gasteiger partial charge in [-0.15, -0.1) is 0 Å². The molecule has 5 nitrogen and oxygen atoms in total. The van der Waals surface area contributed by atoms with E-state index >= 15 is 0 Å². The van der Waals surface area contributed by atoms with Crippen LogP contribution in [0.25, 0.3) is 10.9 Å². The van der Waals surface area contributed by atoms with Crippen LogP contribution < -0.4 is 10.2 Å². The van der Waals surface area contributed by atoms with Crippen LogP contribution in [-0.2, 0) is 4.79 Å². The summed E-state index contributed by atoms with van der Waals surface area (Å²) < 4.78 is 6.82. The van der Waals surface area contributed by atoms with Crippen molar-refractivity contribution >= 4 is 16.9 Å². The van der Waals surface area contributed by atoms with Crippen molar-refractivity contribution in [1.82, 2.24) is 4.57 Å². The largest absolute Gasteiger partial charge is 0.495 e. The van der Waals surface area contributed by atoms with Crippen LogP contribution in [0, 0.1) is 6.92 Å². The van der Waals surface area contributed by atoms with Gasteiger partial charge in [0.2, 0.25) is 0 Å². The van der Waals surface area contributed by atoms with Crippen LogP contribution in [0.1, 0.15) is 18.5 Å². The molecule has 19 heavy (non-hydrogen) atoms. The predicted molar refractivity (Wildman–Crippen MR) is 71.8 cm³/mol.